The molecule has 7 heteroatoms. The topological polar surface area (TPSA) is 61.8 Å². The van der Waals surface area contributed by atoms with Crippen LogP contribution in [0.1, 0.15) is 45.1 Å². The van der Waals surface area contributed by atoms with Crippen LogP contribution < -0.4 is 5.32 Å². The summed E-state index contributed by atoms with van der Waals surface area (Å²) in [6, 6.07) is 7.65. The number of carbonyl (C=O) groups is 2. The minimum absolute atomic E-state index is 0.139. The van der Waals surface area contributed by atoms with E-state index in [4.69, 9.17) is 11.6 Å². The molecule has 132 valence electrons. The molecule has 1 spiro atoms. The van der Waals surface area contributed by atoms with Crippen molar-refractivity contribution in [2.45, 2.75) is 44.4 Å². The SMILES string of the molecule is CC(=O)NC1=NN(C(C)=O)C2(CCCCC2=Cc2ccccc2Cl)S1. The Labute approximate surface area is 156 Å². The van der Waals surface area contributed by atoms with Crippen molar-refractivity contribution in [1.29, 1.82) is 0 Å². The fraction of sp³-hybridized carbons (Fsp3) is 0.389. The van der Waals surface area contributed by atoms with Gasteiger partial charge in [0.25, 0.3) is 0 Å². The van der Waals surface area contributed by atoms with E-state index in [0.717, 1.165) is 36.8 Å². The van der Waals surface area contributed by atoms with Gasteiger partial charge in [-0.2, -0.15) is 0 Å². The fourth-order valence-corrected chi connectivity index (χ4v) is 4.90. The number of benzene rings is 1. The molecule has 0 saturated heterocycles. The molecule has 2 amide bonds. The van der Waals surface area contributed by atoms with Crippen molar-refractivity contribution in [3.63, 3.8) is 0 Å². The highest BCUT2D eigenvalue weighted by atomic mass is 35.5. The van der Waals surface area contributed by atoms with Gasteiger partial charge in [0.05, 0.1) is 0 Å². The molecule has 1 N–H and O–H groups in total. The van der Waals surface area contributed by atoms with Gasteiger partial charge < -0.3 is 5.32 Å². The van der Waals surface area contributed by atoms with Gasteiger partial charge in [-0.25, -0.2) is 5.01 Å². The fourth-order valence-electron chi connectivity index (χ4n) is 3.28. The number of hydrogen-bond acceptors (Lipinski definition) is 4. The largest absolute Gasteiger partial charge is 0.304 e. The number of hydrogen-bond donors (Lipinski definition) is 1. The zero-order chi connectivity index (χ0) is 18.0. The highest BCUT2D eigenvalue weighted by Crippen LogP contribution is 2.51. The number of nitrogens with one attached hydrogen (secondary N) is 1. The smallest absolute Gasteiger partial charge is 0.241 e. The average molecular weight is 378 g/mol. The quantitative estimate of drug-likeness (QED) is 0.804. The molecule has 1 saturated carbocycles. The van der Waals surface area contributed by atoms with E-state index in [1.54, 1.807) is 0 Å². The first kappa shape index (κ1) is 18.0. The lowest BCUT2D eigenvalue weighted by Gasteiger charge is -2.40. The first-order chi connectivity index (χ1) is 11.9. The molecule has 1 aromatic rings. The molecule has 1 aromatic carbocycles. The Hall–Kier alpha value is -1.79. The zero-order valence-corrected chi connectivity index (χ0v) is 15.8. The summed E-state index contributed by atoms with van der Waals surface area (Å²) in [5.74, 6) is -0.334. The van der Waals surface area contributed by atoms with Crippen molar-refractivity contribution >= 4 is 46.4 Å². The second-order valence-electron chi connectivity index (χ2n) is 6.20. The van der Waals surface area contributed by atoms with Gasteiger partial charge in [-0.05, 0) is 42.9 Å². The molecule has 25 heavy (non-hydrogen) atoms. The molecule has 2 aliphatic rings. The highest BCUT2D eigenvalue weighted by molar-refractivity contribution is 8.15. The second kappa shape index (κ2) is 7.22. The lowest BCUT2D eigenvalue weighted by Crippen LogP contribution is -2.46. The van der Waals surface area contributed by atoms with Gasteiger partial charge in [0.2, 0.25) is 11.8 Å². The Balaban J connectivity index is 2.03. The second-order valence-corrected chi connectivity index (χ2v) is 7.88. The predicted molar refractivity (Wildman–Crippen MR) is 102 cm³/mol. The molecule has 3 rings (SSSR count). The van der Waals surface area contributed by atoms with Crippen LogP contribution in [0.4, 0.5) is 0 Å². The summed E-state index contributed by atoms with van der Waals surface area (Å²) in [5, 5.41) is 9.76. The lowest BCUT2D eigenvalue weighted by molar-refractivity contribution is -0.131. The predicted octanol–water partition coefficient (Wildman–Crippen LogP) is 4.00. The molecular formula is C18H20ClN3O2S. The first-order valence-electron chi connectivity index (χ1n) is 8.24. The number of thioether (sulfide) groups is 1. The maximum Gasteiger partial charge on any atom is 0.241 e. The molecule has 1 aliphatic heterocycles. The number of amidine groups is 1. The molecule has 1 aliphatic carbocycles. The molecule has 5 nitrogen and oxygen atoms in total. The van der Waals surface area contributed by atoms with Gasteiger partial charge in [0.1, 0.15) is 4.87 Å². The minimum atomic E-state index is -0.582. The normalized spacial score (nSPS) is 24.5. The monoisotopic (exact) mass is 377 g/mol. The van der Waals surface area contributed by atoms with Crippen LogP contribution in [-0.4, -0.2) is 26.9 Å². The van der Waals surface area contributed by atoms with Crippen molar-refractivity contribution < 1.29 is 9.59 Å². The summed E-state index contributed by atoms with van der Waals surface area (Å²) in [6.45, 7) is 2.94. The Bertz CT molecular complexity index is 777. The van der Waals surface area contributed by atoms with E-state index < -0.39 is 4.87 Å². The van der Waals surface area contributed by atoms with Crippen molar-refractivity contribution in [3.05, 3.63) is 40.4 Å². The molecule has 0 bridgehead atoms. The number of nitrogens with zero attached hydrogens (tertiary/aromatic N) is 2. The molecule has 1 heterocycles. The van der Waals surface area contributed by atoms with E-state index in [-0.39, 0.29) is 11.8 Å². The Morgan fingerprint density at radius 1 is 1.32 bits per heavy atom. The zero-order valence-electron chi connectivity index (χ0n) is 14.2. The van der Waals surface area contributed by atoms with Gasteiger partial charge >= 0.3 is 0 Å². The van der Waals surface area contributed by atoms with Gasteiger partial charge in [-0.3, -0.25) is 9.59 Å². The van der Waals surface area contributed by atoms with Crippen LogP contribution in [0.3, 0.4) is 0 Å². The standard InChI is InChI=1S/C18H20ClN3O2S/c1-12(23)20-17-21-22(13(2)24)18(25-17)10-6-5-8-15(18)11-14-7-3-4-9-16(14)19/h3-4,7,9,11H,5-6,8,10H2,1-2H3,(H,20,21,23). The van der Waals surface area contributed by atoms with E-state index in [1.165, 1.54) is 30.6 Å². The Morgan fingerprint density at radius 2 is 2.08 bits per heavy atom. The summed E-state index contributed by atoms with van der Waals surface area (Å²) < 4.78 is 0. The van der Waals surface area contributed by atoms with E-state index in [2.05, 4.69) is 16.5 Å². The molecule has 1 unspecified atom stereocenters. The van der Waals surface area contributed by atoms with Crippen LogP contribution in [0.25, 0.3) is 6.08 Å². The number of hydrazone groups is 1. The number of halogens is 1. The molecule has 1 atom stereocenters. The lowest BCUT2D eigenvalue weighted by atomic mass is 9.87. The van der Waals surface area contributed by atoms with Gasteiger partial charge in [0.15, 0.2) is 5.17 Å². The van der Waals surface area contributed by atoms with Crippen molar-refractivity contribution in [2.75, 3.05) is 0 Å². The van der Waals surface area contributed by atoms with Gasteiger partial charge in [-0.1, -0.05) is 47.6 Å². The summed E-state index contributed by atoms with van der Waals surface area (Å²) in [4.78, 5) is 23.1. The third-order valence-electron chi connectivity index (χ3n) is 4.33. The van der Waals surface area contributed by atoms with Crippen molar-refractivity contribution in [3.8, 4) is 0 Å². The van der Waals surface area contributed by atoms with Gasteiger partial charge in [0, 0.05) is 18.9 Å². The molecule has 0 radical (unpaired) electrons. The highest BCUT2D eigenvalue weighted by Gasteiger charge is 2.49. The van der Waals surface area contributed by atoms with Crippen LogP contribution in [0.15, 0.2) is 34.9 Å². The number of carbonyl (C=O) groups excluding carboxylic acids is 2. The first-order valence-corrected chi connectivity index (χ1v) is 9.43. The Morgan fingerprint density at radius 3 is 2.76 bits per heavy atom. The van der Waals surface area contributed by atoms with E-state index in [1.807, 2.05) is 24.3 Å². The van der Waals surface area contributed by atoms with Crippen LogP contribution in [0, 0.1) is 0 Å². The summed E-state index contributed by atoms with van der Waals surface area (Å²) in [5.41, 5.74) is 2.04. The summed E-state index contributed by atoms with van der Waals surface area (Å²) in [7, 11) is 0. The number of amides is 2. The molecular weight excluding hydrogens is 358 g/mol. The third-order valence-corrected chi connectivity index (χ3v) is 6.03. The van der Waals surface area contributed by atoms with Crippen LogP contribution in [0.5, 0.6) is 0 Å². The molecule has 1 fully saturated rings. The maximum atomic E-state index is 12.3. The van der Waals surface area contributed by atoms with Crippen molar-refractivity contribution in [2.24, 2.45) is 5.10 Å². The minimum Gasteiger partial charge on any atom is -0.304 e. The van der Waals surface area contributed by atoms with Crippen LogP contribution in [0.2, 0.25) is 5.02 Å². The summed E-state index contributed by atoms with van der Waals surface area (Å²) >= 11 is 7.76. The number of rotatable bonds is 1. The van der Waals surface area contributed by atoms with E-state index in [0.29, 0.717) is 10.2 Å². The maximum absolute atomic E-state index is 12.3. The van der Waals surface area contributed by atoms with Crippen LogP contribution in [-0.2, 0) is 9.59 Å². The van der Waals surface area contributed by atoms with Gasteiger partial charge in [-0.15, -0.1) is 5.10 Å². The third kappa shape index (κ3) is 3.60. The molecule has 0 aromatic heterocycles. The van der Waals surface area contributed by atoms with E-state index in [9.17, 15) is 9.59 Å². The van der Waals surface area contributed by atoms with E-state index >= 15 is 0 Å². The van der Waals surface area contributed by atoms with Crippen molar-refractivity contribution in [1.82, 2.24) is 10.3 Å². The van der Waals surface area contributed by atoms with Crippen LogP contribution >= 0.6 is 23.4 Å². The summed E-state index contributed by atoms with van der Waals surface area (Å²) in [6.07, 6.45) is 5.78. The Kier molecular flexibility index (Phi) is 5.20. The average Bonchev–Trinajstić information content (AvgIpc) is 2.90.